The van der Waals surface area contributed by atoms with Gasteiger partial charge in [0.25, 0.3) is 0 Å². The van der Waals surface area contributed by atoms with Crippen LogP contribution in [0.1, 0.15) is 38.3 Å². The van der Waals surface area contributed by atoms with Gasteiger partial charge < -0.3 is 15.2 Å². The Bertz CT molecular complexity index is 374. The SMILES string of the molecule is CC(CCCO)NC(C)c1ccccc1OC(F)F. The Morgan fingerprint density at radius 3 is 2.58 bits per heavy atom. The summed E-state index contributed by atoms with van der Waals surface area (Å²) in [6.07, 6.45) is 1.55. The van der Waals surface area contributed by atoms with Gasteiger partial charge in [0.05, 0.1) is 0 Å². The Morgan fingerprint density at radius 1 is 1.26 bits per heavy atom. The molecule has 0 bridgehead atoms. The zero-order valence-electron chi connectivity index (χ0n) is 11.3. The molecule has 0 heterocycles. The Balaban J connectivity index is 2.67. The van der Waals surface area contributed by atoms with Crippen molar-refractivity contribution >= 4 is 0 Å². The predicted molar refractivity (Wildman–Crippen MR) is 70.4 cm³/mol. The molecule has 0 fully saturated rings. The van der Waals surface area contributed by atoms with Crippen LogP contribution in [0, 0.1) is 0 Å². The van der Waals surface area contributed by atoms with E-state index in [0.29, 0.717) is 5.56 Å². The summed E-state index contributed by atoms with van der Waals surface area (Å²) >= 11 is 0. The van der Waals surface area contributed by atoms with Crippen molar-refractivity contribution in [3.8, 4) is 5.75 Å². The van der Waals surface area contributed by atoms with E-state index in [9.17, 15) is 8.78 Å². The summed E-state index contributed by atoms with van der Waals surface area (Å²) in [6.45, 7) is 1.25. The fourth-order valence-electron chi connectivity index (χ4n) is 2.04. The number of para-hydroxylation sites is 1. The Morgan fingerprint density at radius 2 is 1.95 bits per heavy atom. The third-order valence-electron chi connectivity index (χ3n) is 2.93. The number of halogens is 2. The predicted octanol–water partition coefficient (Wildman–Crippen LogP) is 3.10. The van der Waals surface area contributed by atoms with Gasteiger partial charge in [-0.3, -0.25) is 0 Å². The van der Waals surface area contributed by atoms with Crippen molar-refractivity contribution in [1.82, 2.24) is 5.32 Å². The molecule has 0 aliphatic carbocycles. The largest absolute Gasteiger partial charge is 0.434 e. The quantitative estimate of drug-likeness (QED) is 0.764. The van der Waals surface area contributed by atoms with E-state index in [1.165, 1.54) is 6.07 Å². The minimum absolute atomic E-state index is 0.0938. The molecule has 0 saturated carbocycles. The summed E-state index contributed by atoms with van der Waals surface area (Å²) in [6, 6.07) is 6.88. The van der Waals surface area contributed by atoms with Gasteiger partial charge in [-0.1, -0.05) is 18.2 Å². The number of aliphatic hydroxyl groups is 1. The van der Waals surface area contributed by atoms with E-state index in [0.717, 1.165) is 12.8 Å². The lowest BCUT2D eigenvalue weighted by Crippen LogP contribution is -2.29. The molecule has 0 aromatic heterocycles. The highest BCUT2D eigenvalue weighted by Gasteiger charge is 2.15. The number of benzene rings is 1. The molecule has 19 heavy (non-hydrogen) atoms. The lowest BCUT2D eigenvalue weighted by Gasteiger charge is -2.22. The van der Waals surface area contributed by atoms with Crippen LogP contribution in [0.15, 0.2) is 24.3 Å². The molecule has 3 nitrogen and oxygen atoms in total. The van der Waals surface area contributed by atoms with Gasteiger partial charge >= 0.3 is 6.61 Å². The number of nitrogens with one attached hydrogen (secondary N) is 1. The van der Waals surface area contributed by atoms with E-state index in [4.69, 9.17) is 5.11 Å². The van der Waals surface area contributed by atoms with Crippen LogP contribution >= 0.6 is 0 Å². The molecule has 0 aliphatic heterocycles. The summed E-state index contributed by atoms with van der Waals surface area (Å²) in [5, 5.41) is 12.1. The highest BCUT2D eigenvalue weighted by atomic mass is 19.3. The molecular formula is C14H21F2NO2. The van der Waals surface area contributed by atoms with Crippen LogP contribution in [-0.2, 0) is 0 Å². The number of alkyl halides is 2. The summed E-state index contributed by atoms with van der Waals surface area (Å²) in [7, 11) is 0. The fourth-order valence-corrected chi connectivity index (χ4v) is 2.04. The van der Waals surface area contributed by atoms with Gasteiger partial charge in [0, 0.05) is 24.3 Å². The molecule has 0 aliphatic rings. The molecule has 1 rings (SSSR count). The van der Waals surface area contributed by atoms with Crippen molar-refractivity contribution < 1.29 is 18.6 Å². The summed E-state index contributed by atoms with van der Waals surface area (Å²) in [5.74, 6) is 0.201. The monoisotopic (exact) mass is 273 g/mol. The van der Waals surface area contributed by atoms with Gasteiger partial charge in [-0.05, 0) is 32.8 Å². The molecule has 0 spiro atoms. The smallest absolute Gasteiger partial charge is 0.387 e. The maximum Gasteiger partial charge on any atom is 0.387 e. The van der Waals surface area contributed by atoms with Gasteiger partial charge in [0.1, 0.15) is 5.75 Å². The second-order valence-electron chi connectivity index (χ2n) is 4.57. The molecule has 1 aromatic rings. The van der Waals surface area contributed by atoms with Crippen molar-refractivity contribution in [1.29, 1.82) is 0 Å². The molecule has 2 N–H and O–H groups in total. The third-order valence-corrected chi connectivity index (χ3v) is 2.93. The average molecular weight is 273 g/mol. The second kappa shape index (κ2) is 8.07. The van der Waals surface area contributed by atoms with Crippen molar-refractivity contribution in [2.45, 2.75) is 45.4 Å². The number of hydrogen-bond donors (Lipinski definition) is 2. The molecule has 1 aromatic carbocycles. The fraction of sp³-hybridized carbons (Fsp3) is 0.571. The topological polar surface area (TPSA) is 41.5 Å². The zero-order valence-corrected chi connectivity index (χ0v) is 11.3. The first-order valence-electron chi connectivity index (χ1n) is 6.45. The Kier molecular flexibility index (Phi) is 6.73. The highest BCUT2D eigenvalue weighted by molar-refractivity contribution is 5.35. The Labute approximate surface area is 112 Å². The molecule has 108 valence electrons. The van der Waals surface area contributed by atoms with Gasteiger partial charge in [-0.2, -0.15) is 8.78 Å². The number of aliphatic hydroxyl groups excluding tert-OH is 1. The number of ether oxygens (including phenoxy) is 1. The minimum Gasteiger partial charge on any atom is -0.434 e. The number of hydrogen-bond acceptors (Lipinski definition) is 3. The van der Waals surface area contributed by atoms with Gasteiger partial charge in [0.15, 0.2) is 0 Å². The highest BCUT2D eigenvalue weighted by Crippen LogP contribution is 2.26. The van der Waals surface area contributed by atoms with E-state index >= 15 is 0 Å². The molecule has 5 heteroatoms. The zero-order chi connectivity index (χ0) is 14.3. The van der Waals surface area contributed by atoms with E-state index in [2.05, 4.69) is 10.1 Å². The molecule has 2 unspecified atom stereocenters. The normalized spacial score (nSPS) is 14.4. The van der Waals surface area contributed by atoms with E-state index < -0.39 is 6.61 Å². The minimum atomic E-state index is -2.82. The molecule has 0 amide bonds. The van der Waals surface area contributed by atoms with Gasteiger partial charge in [-0.15, -0.1) is 0 Å². The Hall–Kier alpha value is -1.20. The van der Waals surface area contributed by atoms with Crippen molar-refractivity contribution in [2.75, 3.05) is 6.61 Å². The maximum absolute atomic E-state index is 12.3. The third kappa shape index (κ3) is 5.53. The second-order valence-corrected chi connectivity index (χ2v) is 4.57. The van der Waals surface area contributed by atoms with E-state index in [1.807, 2.05) is 13.8 Å². The van der Waals surface area contributed by atoms with E-state index in [1.54, 1.807) is 18.2 Å². The van der Waals surface area contributed by atoms with Crippen LogP contribution in [0.4, 0.5) is 8.78 Å². The first-order valence-corrected chi connectivity index (χ1v) is 6.45. The van der Waals surface area contributed by atoms with E-state index in [-0.39, 0.29) is 24.4 Å². The molecule has 0 radical (unpaired) electrons. The molecular weight excluding hydrogens is 252 g/mol. The van der Waals surface area contributed by atoms with Crippen LogP contribution in [0.3, 0.4) is 0 Å². The molecule has 2 atom stereocenters. The van der Waals surface area contributed by atoms with Crippen LogP contribution in [0.25, 0.3) is 0 Å². The van der Waals surface area contributed by atoms with Crippen LogP contribution < -0.4 is 10.1 Å². The molecule has 0 saturated heterocycles. The lowest BCUT2D eigenvalue weighted by molar-refractivity contribution is -0.0506. The van der Waals surface area contributed by atoms with Gasteiger partial charge in [0.2, 0.25) is 0 Å². The average Bonchev–Trinajstić information content (AvgIpc) is 2.36. The van der Waals surface area contributed by atoms with Crippen molar-refractivity contribution in [3.05, 3.63) is 29.8 Å². The summed E-state index contributed by atoms with van der Waals surface area (Å²) < 4.78 is 29.2. The van der Waals surface area contributed by atoms with Crippen LogP contribution in [0.2, 0.25) is 0 Å². The van der Waals surface area contributed by atoms with Crippen LogP contribution in [0.5, 0.6) is 5.75 Å². The van der Waals surface area contributed by atoms with Crippen LogP contribution in [-0.4, -0.2) is 24.4 Å². The lowest BCUT2D eigenvalue weighted by atomic mass is 10.1. The maximum atomic E-state index is 12.3. The summed E-state index contributed by atoms with van der Waals surface area (Å²) in [4.78, 5) is 0. The standard InChI is InChI=1S/C14H21F2NO2/c1-10(6-5-9-18)17-11(2)12-7-3-4-8-13(12)19-14(15)16/h3-4,7-8,10-11,14,17-18H,5-6,9H2,1-2H3. The first-order chi connectivity index (χ1) is 9.04. The first kappa shape index (κ1) is 15.9. The van der Waals surface area contributed by atoms with Crippen molar-refractivity contribution in [2.24, 2.45) is 0 Å². The number of rotatable bonds is 8. The van der Waals surface area contributed by atoms with Crippen molar-refractivity contribution in [3.63, 3.8) is 0 Å². The van der Waals surface area contributed by atoms with Gasteiger partial charge in [-0.25, -0.2) is 0 Å². The summed E-state index contributed by atoms with van der Waals surface area (Å²) in [5.41, 5.74) is 0.707.